The lowest BCUT2D eigenvalue weighted by Crippen LogP contribution is -2.22. The number of anilines is 1. The Hall–Kier alpha value is -3.84. The normalized spacial score (nSPS) is 11.6. The second-order valence-electron chi connectivity index (χ2n) is 8.84. The zero-order chi connectivity index (χ0) is 25.7. The monoisotopic (exact) mass is 492 g/mol. The summed E-state index contributed by atoms with van der Waals surface area (Å²) < 4.78 is 44.7. The molecule has 0 unspecified atom stereocenters. The number of rotatable bonds is 8. The third kappa shape index (κ3) is 6.64. The number of carbonyl (C=O) groups excluding carboxylic acids is 1. The van der Waals surface area contributed by atoms with Crippen LogP contribution in [-0.2, 0) is 25.8 Å². The molecule has 1 heterocycles. The van der Waals surface area contributed by atoms with Crippen LogP contribution in [0.25, 0.3) is 0 Å². The summed E-state index contributed by atoms with van der Waals surface area (Å²) in [5, 5.41) is 2.85. The zero-order valence-electron chi connectivity index (χ0n) is 20.1. The van der Waals surface area contributed by atoms with E-state index < -0.39 is 11.7 Å². The van der Waals surface area contributed by atoms with Crippen molar-refractivity contribution in [3.05, 3.63) is 124 Å². The maximum atomic E-state index is 12.9. The molecule has 36 heavy (non-hydrogen) atoms. The number of aryl methyl sites for hydroxylation is 2. The van der Waals surface area contributed by atoms with E-state index in [1.807, 2.05) is 62.4 Å². The summed E-state index contributed by atoms with van der Waals surface area (Å²) in [5.41, 5.74) is 4.04. The molecule has 0 atom stereocenters. The number of alkyl halides is 3. The molecule has 0 spiro atoms. The molecule has 0 saturated heterocycles. The molecule has 0 radical (unpaired) electrons. The van der Waals surface area contributed by atoms with E-state index in [0.717, 1.165) is 34.4 Å². The highest BCUT2D eigenvalue weighted by atomic mass is 19.4. The number of amides is 1. The maximum absolute atomic E-state index is 12.9. The van der Waals surface area contributed by atoms with Gasteiger partial charge in [-0.15, -0.1) is 0 Å². The summed E-state index contributed by atoms with van der Waals surface area (Å²) >= 11 is 0. The molecule has 186 valence electrons. The molecule has 1 amide bonds. The molecule has 0 aliphatic rings. The molecule has 1 aromatic heterocycles. The van der Waals surface area contributed by atoms with Crippen LogP contribution in [0.4, 0.5) is 18.9 Å². The number of halogens is 3. The van der Waals surface area contributed by atoms with E-state index in [2.05, 4.69) is 10.2 Å². The predicted octanol–water partition coefficient (Wildman–Crippen LogP) is 7.37. The Morgan fingerprint density at radius 1 is 0.806 bits per heavy atom. The van der Waals surface area contributed by atoms with E-state index in [9.17, 15) is 18.0 Å². The van der Waals surface area contributed by atoms with Crippen LogP contribution in [0, 0.1) is 13.8 Å². The van der Waals surface area contributed by atoms with E-state index in [4.69, 9.17) is 4.42 Å². The molecular weight excluding hydrogens is 465 g/mol. The maximum Gasteiger partial charge on any atom is 0.416 e. The fourth-order valence-corrected chi connectivity index (χ4v) is 3.88. The van der Waals surface area contributed by atoms with Crippen LogP contribution >= 0.6 is 0 Å². The van der Waals surface area contributed by atoms with E-state index >= 15 is 0 Å². The molecule has 7 heteroatoms. The number of furan rings is 1. The fourth-order valence-electron chi connectivity index (χ4n) is 3.88. The highest BCUT2D eigenvalue weighted by molar-refractivity contribution is 6.02. The van der Waals surface area contributed by atoms with Crippen molar-refractivity contribution in [3.63, 3.8) is 0 Å². The van der Waals surface area contributed by atoms with Gasteiger partial charge in [-0.1, -0.05) is 48.5 Å². The smallest absolute Gasteiger partial charge is 0.416 e. The van der Waals surface area contributed by atoms with Crippen molar-refractivity contribution in [1.29, 1.82) is 0 Å². The van der Waals surface area contributed by atoms with Gasteiger partial charge in [-0.2, -0.15) is 13.2 Å². The van der Waals surface area contributed by atoms with E-state index in [1.54, 1.807) is 12.1 Å². The summed E-state index contributed by atoms with van der Waals surface area (Å²) in [4.78, 5) is 14.8. The van der Waals surface area contributed by atoms with Crippen molar-refractivity contribution >= 4 is 11.6 Å². The van der Waals surface area contributed by atoms with Crippen molar-refractivity contribution in [2.45, 2.75) is 39.7 Å². The lowest BCUT2D eigenvalue weighted by atomic mass is 10.1. The van der Waals surface area contributed by atoms with Crippen molar-refractivity contribution in [2.24, 2.45) is 0 Å². The largest absolute Gasteiger partial charge is 0.455 e. The van der Waals surface area contributed by atoms with Crippen LogP contribution in [0.2, 0.25) is 0 Å². The van der Waals surface area contributed by atoms with Gasteiger partial charge in [-0.3, -0.25) is 9.69 Å². The second-order valence-corrected chi connectivity index (χ2v) is 8.84. The Balaban J connectivity index is 1.48. The average Bonchev–Trinajstić information content (AvgIpc) is 3.30. The number of carbonyl (C=O) groups is 1. The van der Waals surface area contributed by atoms with Crippen LogP contribution in [-0.4, -0.2) is 10.8 Å². The minimum atomic E-state index is -4.37. The summed E-state index contributed by atoms with van der Waals surface area (Å²) in [6, 6.07) is 24.0. The standard InChI is InChI=1S/C29H27F3N2O2/c1-20-8-13-25(16-21(20)2)33-28(35)27-15-14-26(36-27)19-34(17-22-6-4-3-5-7-22)18-23-9-11-24(12-10-23)29(30,31)32/h3-16H,17-19H2,1-2H3,(H,33,35). The van der Waals surface area contributed by atoms with Gasteiger partial charge >= 0.3 is 6.18 Å². The first-order valence-corrected chi connectivity index (χ1v) is 11.6. The van der Waals surface area contributed by atoms with Crippen LogP contribution in [0.3, 0.4) is 0 Å². The van der Waals surface area contributed by atoms with Gasteiger partial charge in [0.1, 0.15) is 5.76 Å². The lowest BCUT2D eigenvalue weighted by molar-refractivity contribution is -0.137. The zero-order valence-corrected chi connectivity index (χ0v) is 20.1. The number of nitrogens with zero attached hydrogens (tertiary/aromatic N) is 1. The molecule has 4 nitrogen and oxygen atoms in total. The Morgan fingerprint density at radius 3 is 2.11 bits per heavy atom. The molecule has 4 aromatic rings. The Labute approximate surface area is 208 Å². The summed E-state index contributed by atoms with van der Waals surface area (Å²) in [7, 11) is 0. The van der Waals surface area contributed by atoms with Gasteiger partial charge in [-0.25, -0.2) is 0 Å². The Morgan fingerprint density at radius 2 is 1.47 bits per heavy atom. The molecule has 0 fully saturated rings. The van der Waals surface area contributed by atoms with Gasteiger partial charge in [0.15, 0.2) is 5.76 Å². The summed E-state index contributed by atoms with van der Waals surface area (Å²) in [5.74, 6) is 0.433. The van der Waals surface area contributed by atoms with Crippen LogP contribution in [0.1, 0.15) is 44.1 Å². The van der Waals surface area contributed by atoms with Crippen molar-refractivity contribution in [1.82, 2.24) is 4.90 Å². The second kappa shape index (κ2) is 10.8. The average molecular weight is 493 g/mol. The van der Waals surface area contributed by atoms with E-state index in [-0.39, 0.29) is 11.7 Å². The van der Waals surface area contributed by atoms with Gasteiger partial charge in [0.25, 0.3) is 5.91 Å². The quantitative estimate of drug-likeness (QED) is 0.279. The Kier molecular flexibility index (Phi) is 7.60. The number of nitrogens with one attached hydrogen (secondary N) is 1. The number of benzene rings is 3. The molecule has 3 aromatic carbocycles. The van der Waals surface area contributed by atoms with Gasteiger partial charge in [-0.05, 0) is 72.5 Å². The third-order valence-electron chi connectivity index (χ3n) is 5.97. The highest BCUT2D eigenvalue weighted by Crippen LogP contribution is 2.29. The molecule has 0 aliphatic heterocycles. The minimum Gasteiger partial charge on any atom is -0.455 e. The Bertz CT molecular complexity index is 1310. The van der Waals surface area contributed by atoms with E-state index in [1.165, 1.54) is 12.1 Å². The number of hydrogen-bond acceptors (Lipinski definition) is 3. The fraction of sp³-hybridized carbons (Fsp3) is 0.207. The summed E-state index contributed by atoms with van der Waals surface area (Å²) in [6.45, 7) is 5.34. The van der Waals surface area contributed by atoms with Crippen molar-refractivity contribution in [3.8, 4) is 0 Å². The SMILES string of the molecule is Cc1ccc(NC(=O)c2ccc(CN(Cc3ccccc3)Cc3ccc(C(F)(F)F)cc3)o2)cc1C. The van der Waals surface area contributed by atoms with Crippen LogP contribution in [0.5, 0.6) is 0 Å². The first-order chi connectivity index (χ1) is 17.2. The first kappa shape index (κ1) is 25.3. The molecule has 1 N–H and O–H groups in total. The minimum absolute atomic E-state index is 0.192. The van der Waals surface area contributed by atoms with Crippen molar-refractivity contribution < 1.29 is 22.4 Å². The van der Waals surface area contributed by atoms with Gasteiger partial charge in [0, 0.05) is 18.8 Å². The summed E-state index contributed by atoms with van der Waals surface area (Å²) in [6.07, 6.45) is -4.37. The van der Waals surface area contributed by atoms with Crippen LogP contribution in [0.15, 0.2) is 89.3 Å². The molecule has 0 bridgehead atoms. The van der Waals surface area contributed by atoms with Gasteiger partial charge in [0.2, 0.25) is 0 Å². The number of hydrogen-bond donors (Lipinski definition) is 1. The predicted molar refractivity (Wildman–Crippen MR) is 133 cm³/mol. The molecular formula is C29H27F3N2O2. The van der Waals surface area contributed by atoms with Gasteiger partial charge in [0.05, 0.1) is 12.1 Å². The van der Waals surface area contributed by atoms with Crippen molar-refractivity contribution in [2.75, 3.05) is 5.32 Å². The molecule has 4 rings (SSSR count). The van der Waals surface area contributed by atoms with E-state index in [0.29, 0.717) is 31.1 Å². The molecule has 0 saturated carbocycles. The topological polar surface area (TPSA) is 45.5 Å². The first-order valence-electron chi connectivity index (χ1n) is 11.6. The van der Waals surface area contributed by atoms with Crippen LogP contribution < -0.4 is 5.32 Å². The molecule has 0 aliphatic carbocycles. The highest BCUT2D eigenvalue weighted by Gasteiger charge is 2.30. The lowest BCUT2D eigenvalue weighted by Gasteiger charge is -2.22. The van der Waals surface area contributed by atoms with Gasteiger partial charge < -0.3 is 9.73 Å². The third-order valence-corrected chi connectivity index (χ3v) is 5.97.